The number of hydrogen-bond acceptors (Lipinski definition) is 2. The molecule has 0 amide bonds. The average molecular weight is 213 g/mol. The van der Waals surface area contributed by atoms with Gasteiger partial charge in [0.15, 0.2) is 0 Å². The molecule has 16 heavy (non-hydrogen) atoms. The van der Waals surface area contributed by atoms with Crippen LogP contribution in [0.4, 0.5) is 5.95 Å². The predicted octanol–water partition coefficient (Wildman–Crippen LogP) is 3.10. The molecule has 3 rings (SSSR count). The minimum atomic E-state index is -0.0263. The maximum Gasteiger partial charge on any atom is 0.208 e. The lowest BCUT2D eigenvalue weighted by Crippen LogP contribution is -2.33. The van der Waals surface area contributed by atoms with E-state index in [-0.39, 0.29) is 5.54 Å². The second kappa shape index (κ2) is 2.88. The van der Waals surface area contributed by atoms with Crippen molar-refractivity contribution in [3.05, 3.63) is 30.3 Å². The van der Waals surface area contributed by atoms with Crippen LogP contribution in [0.2, 0.25) is 0 Å². The highest BCUT2D eigenvalue weighted by molar-refractivity contribution is 5.84. The monoisotopic (exact) mass is 213 g/mol. The van der Waals surface area contributed by atoms with E-state index in [1.165, 1.54) is 5.70 Å². The van der Waals surface area contributed by atoms with Crippen molar-refractivity contribution < 1.29 is 0 Å². The van der Waals surface area contributed by atoms with Gasteiger partial charge in [0.2, 0.25) is 5.95 Å². The zero-order valence-electron chi connectivity index (χ0n) is 9.78. The maximum absolute atomic E-state index is 4.61. The molecule has 0 aliphatic carbocycles. The smallest absolute Gasteiger partial charge is 0.208 e. The molecule has 1 aromatic heterocycles. The molecule has 0 spiro atoms. The number of aromatic nitrogens is 2. The molecule has 0 bridgehead atoms. The highest BCUT2D eigenvalue weighted by Gasteiger charge is 2.24. The van der Waals surface area contributed by atoms with Crippen molar-refractivity contribution in [3.63, 3.8) is 0 Å². The third-order valence-corrected chi connectivity index (χ3v) is 2.92. The van der Waals surface area contributed by atoms with Crippen molar-refractivity contribution in [2.45, 2.75) is 26.3 Å². The summed E-state index contributed by atoms with van der Waals surface area (Å²) in [6.45, 7) is 6.43. The topological polar surface area (TPSA) is 29.9 Å². The quantitative estimate of drug-likeness (QED) is 0.728. The number of allylic oxidation sites excluding steroid dienone is 1. The fourth-order valence-corrected chi connectivity index (χ4v) is 2.38. The molecule has 2 heterocycles. The summed E-state index contributed by atoms with van der Waals surface area (Å²) >= 11 is 0. The molecule has 3 heteroatoms. The van der Waals surface area contributed by atoms with Gasteiger partial charge >= 0.3 is 0 Å². The van der Waals surface area contributed by atoms with Crippen LogP contribution in [-0.2, 0) is 0 Å². The van der Waals surface area contributed by atoms with E-state index in [0.29, 0.717) is 0 Å². The molecule has 2 aromatic rings. The summed E-state index contributed by atoms with van der Waals surface area (Å²) in [5.41, 5.74) is 3.40. The van der Waals surface area contributed by atoms with E-state index in [9.17, 15) is 0 Å². The van der Waals surface area contributed by atoms with Gasteiger partial charge in [-0.1, -0.05) is 12.1 Å². The zero-order chi connectivity index (χ0) is 11.3. The Morgan fingerprint density at radius 2 is 2.00 bits per heavy atom. The van der Waals surface area contributed by atoms with Crippen LogP contribution >= 0.6 is 0 Å². The summed E-state index contributed by atoms with van der Waals surface area (Å²) in [5, 5.41) is 3.43. The summed E-state index contributed by atoms with van der Waals surface area (Å²) in [5.74, 6) is 0.936. The fourth-order valence-electron chi connectivity index (χ4n) is 2.38. The van der Waals surface area contributed by atoms with E-state index in [2.05, 4.69) is 47.8 Å². The van der Waals surface area contributed by atoms with Crippen molar-refractivity contribution in [1.82, 2.24) is 9.55 Å². The standard InChI is InChI=1S/C13H15N3/c1-9-8-13(2,3)15-12-14-10-6-4-5-7-11(10)16(9)12/h4-8H,1-3H3,(H,14,15). The second-order valence-corrected chi connectivity index (χ2v) is 4.89. The van der Waals surface area contributed by atoms with Gasteiger partial charge in [-0.15, -0.1) is 0 Å². The second-order valence-electron chi connectivity index (χ2n) is 4.89. The number of benzene rings is 1. The Balaban J connectivity index is 2.33. The van der Waals surface area contributed by atoms with Crippen LogP contribution in [0.25, 0.3) is 16.7 Å². The Morgan fingerprint density at radius 3 is 2.81 bits per heavy atom. The van der Waals surface area contributed by atoms with Crippen molar-refractivity contribution in [1.29, 1.82) is 0 Å². The number of para-hydroxylation sites is 2. The van der Waals surface area contributed by atoms with Crippen LogP contribution in [-0.4, -0.2) is 15.1 Å². The Bertz CT molecular complexity index is 590. The van der Waals surface area contributed by atoms with Gasteiger partial charge in [0.05, 0.1) is 16.6 Å². The molecule has 1 N–H and O–H groups in total. The largest absolute Gasteiger partial charge is 0.347 e. The van der Waals surface area contributed by atoms with Crippen molar-refractivity contribution in [2.24, 2.45) is 0 Å². The van der Waals surface area contributed by atoms with E-state index in [1.54, 1.807) is 0 Å². The number of fused-ring (bicyclic) bond motifs is 3. The van der Waals surface area contributed by atoms with Crippen LogP contribution in [0.5, 0.6) is 0 Å². The van der Waals surface area contributed by atoms with Gasteiger partial charge < -0.3 is 5.32 Å². The molecular weight excluding hydrogens is 198 g/mol. The predicted molar refractivity (Wildman–Crippen MR) is 67.4 cm³/mol. The van der Waals surface area contributed by atoms with Crippen LogP contribution in [0.1, 0.15) is 20.8 Å². The zero-order valence-corrected chi connectivity index (χ0v) is 9.78. The lowest BCUT2D eigenvalue weighted by Gasteiger charge is -2.29. The molecular formula is C13H15N3. The highest BCUT2D eigenvalue weighted by Crippen LogP contribution is 2.31. The first kappa shape index (κ1) is 9.46. The van der Waals surface area contributed by atoms with Gasteiger partial charge in [-0.3, -0.25) is 4.57 Å². The number of hydrogen-bond donors (Lipinski definition) is 1. The van der Waals surface area contributed by atoms with Gasteiger partial charge in [-0.25, -0.2) is 4.98 Å². The molecule has 0 radical (unpaired) electrons. The molecule has 1 aromatic carbocycles. The SMILES string of the molecule is CC1=CC(C)(C)Nc2nc3ccccc3n21. The van der Waals surface area contributed by atoms with E-state index in [4.69, 9.17) is 0 Å². The normalized spacial score (nSPS) is 17.8. The molecule has 3 nitrogen and oxygen atoms in total. The first-order valence-corrected chi connectivity index (χ1v) is 5.52. The Morgan fingerprint density at radius 1 is 1.25 bits per heavy atom. The minimum Gasteiger partial charge on any atom is -0.347 e. The summed E-state index contributed by atoms with van der Waals surface area (Å²) in [4.78, 5) is 4.61. The lowest BCUT2D eigenvalue weighted by molar-refractivity contribution is 0.683. The summed E-state index contributed by atoms with van der Waals surface area (Å²) < 4.78 is 2.17. The Kier molecular flexibility index (Phi) is 1.70. The van der Waals surface area contributed by atoms with Gasteiger partial charge in [0, 0.05) is 5.70 Å². The third-order valence-electron chi connectivity index (χ3n) is 2.92. The van der Waals surface area contributed by atoms with Crippen LogP contribution in [0.3, 0.4) is 0 Å². The van der Waals surface area contributed by atoms with Gasteiger partial charge in [0.1, 0.15) is 0 Å². The van der Waals surface area contributed by atoms with Crippen molar-refractivity contribution in [2.75, 3.05) is 5.32 Å². The van der Waals surface area contributed by atoms with Gasteiger partial charge in [0.25, 0.3) is 0 Å². The molecule has 0 saturated heterocycles. The number of anilines is 1. The third kappa shape index (κ3) is 1.24. The molecule has 0 saturated carbocycles. The van der Waals surface area contributed by atoms with Gasteiger partial charge in [-0.05, 0) is 39.0 Å². The number of nitrogens with one attached hydrogen (secondary N) is 1. The number of rotatable bonds is 0. The Hall–Kier alpha value is -1.77. The van der Waals surface area contributed by atoms with Crippen molar-refractivity contribution in [3.8, 4) is 0 Å². The summed E-state index contributed by atoms with van der Waals surface area (Å²) in [6, 6.07) is 8.21. The van der Waals surface area contributed by atoms with E-state index in [1.807, 2.05) is 18.2 Å². The first-order chi connectivity index (χ1) is 7.57. The molecule has 82 valence electrons. The average Bonchev–Trinajstić information content (AvgIpc) is 2.52. The highest BCUT2D eigenvalue weighted by atomic mass is 15.3. The first-order valence-electron chi connectivity index (χ1n) is 5.52. The van der Waals surface area contributed by atoms with Crippen LogP contribution in [0.15, 0.2) is 30.3 Å². The summed E-state index contributed by atoms with van der Waals surface area (Å²) in [7, 11) is 0. The molecule has 1 aliphatic rings. The molecule has 0 atom stereocenters. The maximum atomic E-state index is 4.61. The molecule has 0 unspecified atom stereocenters. The van der Waals surface area contributed by atoms with Crippen LogP contribution < -0.4 is 5.32 Å². The summed E-state index contributed by atoms with van der Waals surface area (Å²) in [6.07, 6.45) is 2.23. The molecule has 1 aliphatic heterocycles. The van der Waals surface area contributed by atoms with E-state index < -0.39 is 0 Å². The lowest BCUT2D eigenvalue weighted by atomic mass is 10.0. The van der Waals surface area contributed by atoms with E-state index in [0.717, 1.165) is 17.0 Å². The van der Waals surface area contributed by atoms with Crippen molar-refractivity contribution >= 4 is 22.7 Å². The molecule has 0 fully saturated rings. The number of imidazole rings is 1. The van der Waals surface area contributed by atoms with Gasteiger partial charge in [-0.2, -0.15) is 0 Å². The number of nitrogens with zero attached hydrogens (tertiary/aromatic N) is 2. The van der Waals surface area contributed by atoms with E-state index >= 15 is 0 Å². The fraction of sp³-hybridized carbons (Fsp3) is 0.308. The minimum absolute atomic E-state index is 0.0263. The van der Waals surface area contributed by atoms with Crippen LogP contribution in [0, 0.1) is 0 Å². The Labute approximate surface area is 94.8 Å².